The molecule has 1 aliphatic heterocycles. The number of ether oxygens (including phenoxy) is 1. The average molecular weight is 402 g/mol. The molecular formula is C21H24ClN3O3. The van der Waals surface area contributed by atoms with E-state index in [4.69, 9.17) is 16.3 Å². The van der Waals surface area contributed by atoms with Gasteiger partial charge in [0.1, 0.15) is 6.04 Å². The summed E-state index contributed by atoms with van der Waals surface area (Å²) in [5.74, 6) is -0.668. The predicted octanol–water partition coefficient (Wildman–Crippen LogP) is 2.93. The number of morpholine rings is 1. The van der Waals surface area contributed by atoms with Crippen LogP contribution in [0.4, 0.5) is 5.69 Å². The van der Waals surface area contributed by atoms with Crippen molar-refractivity contribution in [2.75, 3.05) is 31.6 Å². The van der Waals surface area contributed by atoms with Gasteiger partial charge in [-0.25, -0.2) is 0 Å². The van der Waals surface area contributed by atoms with Gasteiger partial charge in [0.2, 0.25) is 5.91 Å². The maximum absolute atomic E-state index is 12.5. The van der Waals surface area contributed by atoms with Gasteiger partial charge in [0.15, 0.2) is 0 Å². The van der Waals surface area contributed by atoms with E-state index in [-0.39, 0.29) is 11.8 Å². The van der Waals surface area contributed by atoms with Crippen molar-refractivity contribution < 1.29 is 14.3 Å². The SMILES string of the molecule is CC(NC(=O)c1ccccc1Cl)C(=O)Nc1cccc(CN2CCOCC2)c1. The van der Waals surface area contributed by atoms with Gasteiger partial charge in [-0.3, -0.25) is 14.5 Å². The third-order valence-corrected chi connectivity index (χ3v) is 4.89. The van der Waals surface area contributed by atoms with E-state index in [0.717, 1.165) is 38.4 Å². The Labute approximate surface area is 169 Å². The molecule has 1 saturated heterocycles. The fourth-order valence-electron chi connectivity index (χ4n) is 3.00. The van der Waals surface area contributed by atoms with Crippen molar-refractivity contribution in [2.24, 2.45) is 0 Å². The van der Waals surface area contributed by atoms with E-state index in [1.807, 2.05) is 24.3 Å². The van der Waals surface area contributed by atoms with Gasteiger partial charge in [0.05, 0.1) is 23.8 Å². The van der Waals surface area contributed by atoms with Gasteiger partial charge in [-0.1, -0.05) is 35.9 Å². The molecule has 0 aliphatic carbocycles. The highest BCUT2D eigenvalue weighted by molar-refractivity contribution is 6.33. The van der Waals surface area contributed by atoms with Crippen LogP contribution in [0.3, 0.4) is 0 Å². The van der Waals surface area contributed by atoms with E-state index in [0.29, 0.717) is 16.3 Å². The third kappa shape index (κ3) is 5.55. The van der Waals surface area contributed by atoms with E-state index >= 15 is 0 Å². The number of carbonyl (C=O) groups is 2. The van der Waals surface area contributed by atoms with E-state index in [1.165, 1.54) is 0 Å². The van der Waals surface area contributed by atoms with Crippen LogP contribution in [0.1, 0.15) is 22.8 Å². The van der Waals surface area contributed by atoms with Gasteiger partial charge in [-0.15, -0.1) is 0 Å². The second-order valence-corrected chi connectivity index (χ2v) is 7.16. The summed E-state index contributed by atoms with van der Waals surface area (Å²) >= 11 is 6.04. The van der Waals surface area contributed by atoms with Crippen molar-refractivity contribution in [1.82, 2.24) is 10.2 Å². The van der Waals surface area contributed by atoms with Crippen LogP contribution in [0.15, 0.2) is 48.5 Å². The molecule has 0 aromatic heterocycles. The summed E-state index contributed by atoms with van der Waals surface area (Å²) in [6.07, 6.45) is 0. The standard InChI is InChI=1S/C21H24ClN3O3/c1-15(23-21(27)18-7-2-3-8-19(18)22)20(26)24-17-6-4-5-16(13-17)14-25-9-11-28-12-10-25/h2-8,13,15H,9-12,14H2,1H3,(H,23,27)(H,24,26). The highest BCUT2D eigenvalue weighted by Crippen LogP contribution is 2.16. The molecule has 1 heterocycles. The van der Waals surface area contributed by atoms with Gasteiger partial charge in [0.25, 0.3) is 5.91 Å². The number of hydrogen-bond donors (Lipinski definition) is 2. The number of nitrogens with zero attached hydrogens (tertiary/aromatic N) is 1. The van der Waals surface area contributed by atoms with E-state index in [2.05, 4.69) is 15.5 Å². The van der Waals surface area contributed by atoms with Gasteiger partial charge in [0, 0.05) is 25.3 Å². The molecule has 1 aliphatic rings. The zero-order valence-electron chi connectivity index (χ0n) is 15.8. The fraction of sp³-hybridized carbons (Fsp3) is 0.333. The van der Waals surface area contributed by atoms with Crippen LogP contribution in [0, 0.1) is 0 Å². The van der Waals surface area contributed by atoms with Gasteiger partial charge in [-0.2, -0.15) is 0 Å². The van der Waals surface area contributed by atoms with Gasteiger partial charge >= 0.3 is 0 Å². The van der Waals surface area contributed by atoms with Crippen molar-refractivity contribution in [3.63, 3.8) is 0 Å². The molecule has 6 nitrogen and oxygen atoms in total. The van der Waals surface area contributed by atoms with Crippen molar-refractivity contribution in [3.8, 4) is 0 Å². The Bertz CT molecular complexity index is 837. The first-order chi connectivity index (χ1) is 13.5. The lowest BCUT2D eigenvalue weighted by molar-refractivity contribution is -0.117. The third-order valence-electron chi connectivity index (χ3n) is 4.56. The fourth-order valence-corrected chi connectivity index (χ4v) is 3.22. The second-order valence-electron chi connectivity index (χ2n) is 6.75. The summed E-state index contributed by atoms with van der Waals surface area (Å²) in [5, 5.41) is 5.89. The summed E-state index contributed by atoms with van der Waals surface area (Å²) in [4.78, 5) is 27.1. The lowest BCUT2D eigenvalue weighted by Crippen LogP contribution is -2.41. The molecule has 148 valence electrons. The molecule has 2 aromatic carbocycles. The Morgan fingerprint density at radius 2 is 1.89 bits per heavy atom. The molecule has 1 fully saturated rings. The molecule has 1 unspecified atom stereocenters. The number of carbonyl (C=O) groups excluding carboxylic acids is 2. The molecule has 0 saturated carbocycles. The van der Waals surface area contributed by atoms with Crippen LogP contribution >= 0.6 is 11.6 Å². The largest absolute Gasteiger partial charge is 0.379 e. The summed E-state index contributed by atoms with van der Waals surface area (Å²) in [6, 6.07) is 13.8. The first kappa shape index (κ1) is 20.3. The number of halogens is 1. The first-order valence-corrected chi connectivity index (χ1v) is 9.66. The van der Waals surface area contributed by atoms with Crippen LogP contribution in [-0.4, -0.2) is 49.1 Å². The normalized spacial score (nSPS) is 15.6. The van der Waals surface area contributed by atoms with Crippen LogP contribution in [0.5, 0.6) is 0 Å². The van der Waals surface area contributed by atoms with Crippen molar-refractivity contribution >= 4 is 29.1 Å². The van der Waals surface area contributed by atoms with Crippen molar-refractivity contribution in [3.05, 3.63) is 64.7 Å². The zero-order valence-corrected chi connectivity index (χ0v) is 16.5. The van der Waals surface area contributed by atoms with Crippen LogP contribution in [0.25, 0.3) is 0 Å². The molecule has 3 rings (SSSR count). The topological polar surface area (TPSA) is 70.7 Å². The Kier molecular flexibility index (Phi) is 7.03. The van der Waals surface area contributed by atoms with Crippen molar-refractivity contribution in [2.45, 2.75) is 19.5 Å². The molecule has 2 aromatic rings. The number of hydrogen-bond acceptors (Lipinski definition) is 4. The number of anilines is 1. The lowest BCUT2D eigenvalue weighted by Gasteiger charge is -2.26. The Balaban J connectivity index is 1.57. The molecule has 7 heteroatoms. The Morgan fingerprint density at radius 1 is 1.14 bits per heavy atom. The van der Waals surface area contributed by atoms with E-state index in [9.17, 15) is 9.59 Å². The monoisotopic (exact) mass is 401 g/mol. The summed E-state index contributed by atoms with van der Waals surface area (Å²) in [6.45, 7) is 5.76. The molecule has 1 atom stereocenters. The second kappa shape index (κ2) is 9.68. The van der Waals surface area contributed by atoms with Crippen LogP contribution in [-0.2, 0) is 16.1 Å². The summed E-state index contributed by atoms with van der Waals surface area (Å²) in [7, 11) is 0. The highest BCUT2D eigenvalue weighted by Gasteiger charge is 2.18. The molecule has 2 amide bonds. The predicted molar refractivity (Wildman–Crippen MR) is 110 cm³/mol. The smallest absolute Gasteiger partial charge is 0.253 e. The maximum Gasteiger partial charge on any atom is 0.253 e. The minimum atomic E-state index is -0.702. The first-order valence-electron chi connectivity index (χ1n) is 9.28. The number of nitrogens with one attached hydrogen (secondary N) is 2. The lowest BCUT2D eigenvalue weighted by atomic mass is 10.1. The van der Waals surface area contributed by atoms with Crippen LogP contribution in [0.2, 0.25) is 5.02 Å². The molecule has 28 heavy (non-hydrogen) atoms. The van der Waals surface area contributed by atoms with Gasteiger partial charge in [-0.05, 0) is 36.8 Å². The summed E-state index contributed by atoms with van der Waals surface area (Å²) < 4.78 is 5.37. The number of benzene rings is 2. The molecular weight excluding hydrogens is 378 g/mol. The van der Waals surface area contributed by atoms with Crippen LogP contribution < -0.4 is 10.6 Å². The minimum Gasteiger partial charge on any atom is -0.379 e. The average Bonchev–Trinajstić information content (AvgIpc) is 2.69. The number of amides is 2. The van der Waals surface area contributed by atoms with Crippen molar-refractivity contribution in [1.29, 1.82) is 0 Å². The molecule has 0 spiro atoms. The highest BCUT2D eigenvalue weighted by atomic mass is 35.5. The summed E-state index contributed by atoms with van der Waals surface area (Å²) in [5.41, 5.74) is 2.17. The quantitative estimate of drug-likeness (QED) is 0.780. The van der Waals surface area contributed by atoms with E-state index in [1.54, 1.807) is 31.2 Å². The minimum absolute atomic E-state index is 0.288. The Hall–Kier alpha value is -2.41. The Morgan fingerprint density at radius 3 is 2.64 bits per heavy atom. The molecule has 0 radical (unpaired) electrons. The van der Waals surface area contributed by atoms with E-state index < -0.39 is 6.04 Å². The zero-order chi connectivity index (χ0) is 19.9. The number of rotatable bonds is 6. The molecule has 2 N–H and O–H groups in total. The maximum atomic E-state index is 12.5. The van der Waals surface area contributed by atoms with Gasteiger partial charge < -0.3 is 15.4 Å². The molecule has 0 bridgehead atoms.